The summed E-state index contributed by atoms with van der Waals surface area (Å²) in [6.07, 6.45) is 0.915. The molecule has 0 saturated carbocycles. The Balaban J connectivity index is 1.74. The van der Waals surface area contributed by atoms with Gasteiger partial charge in [0.1, 0.15) is 34.8 Å². The molecule has 3 aliphatic heterocycles. The van der Waals surface area contributed by atoms with Gasteiger partial charge in [-0.05, 0) is 26.0 Å². The van der Waals surface area contributed by atoms with Crippen LogP contribution in [0.25, 0.3) is 5.65 Å². The van der Waals surface area contributed by atoms with Crippen LogP contribution in [0.2, 0.25) is 10.2 Å². The number of aromatic nitrogens is 2. The predicted octanol–water partition coefficient (Wildman–Crippen LogP) is 2.74. The molecule has 0 aliphatic carbocycles. The van der Waals surface area contributed by atoms with Gasteiger partial charge in [0.25, 0.3) is 0 Å². The number of nitrogens with zero attached hydrogens (tertiary/aromatic N) is 2. The Bertz CT molecular complexity index is 823. The fourth-order valence-corrected chi connectivity index (χ4v) is 4.23. The van der Waals surface area contributed by atoms with Gasteiger partial charge in [-0.15, -0.1) is 0 Å². The van der Waals surface area contributed by atoms with Crippen LogP contribution in [0.4, 0.5) is 0 Å². The van der Waals surface area contributed by atoms with E-state index in [1.54, 1.807) is 22.7 Å². The first kappa shape index (κ1) is 14.5. The summed E-state index contributed by atoms with van der Waals surface area (Å²) in [4.78, 5) is 4.27. The summed E-state index contributed by atoms with van der Waals surface area (Å²) < 4.78 is 26.0. The second-order valence-corrected chi connectivity index (χ2v) is 7.27. The van der Waals surface area contributed by atoms with Crippen LogP contribution in [-0.2, 0) is 24.7 Å². The van der Waals surface area contributed by atoms with Gasteiger partial charge in [0.2, 0.25) is 5.79 Å². The highest BCUT2D eigenvalue weighted by molar-refractivity contribution is 6.31. The van der Waals surface area contributed by atoms with E-state index in [1.165, 1.54) is 0 Å². The molecular weight excluding hydrogens is 343 g/mol. The van der Waals surface area contributed by atoms with E-state index in [9.17, 15) is 0 Å². The standard InChI is InChI=1S/C15H14Cl2N2O4/c1-14(2)22-11-8-6-20-15(21-8,13(11)23-14)12-7(16)3-4-10-18-9(17)5-19(10)12/h3-5,8,11,13H,6H2,1-2H3/t8-,11-,13-,15+/m1/s1. The first-order chi connectivity index (χ1) is 10.9. The molecule has 0 radical (unpaired) electrons. The molecule has 2 aromatic rings. The van der Waals surface area contributed by atoms with Gasteiger partial charge in [0.05, 0.1) is 11.6 Å². The van der Waals surface area contributed by atoms with Crippen LogP contribution >= 0.6 is 23.2 Å². The van der Waals surface area contributed by atoms with Crippen LogP contribution in [-0.4, -0.2) is 40.1 Å². The highest BCUT2D eigenvalue weighted by atomic mass is 35.5. The highest BCUT2D eigenvalue weighted by Gasteiger charge is 2.69. The molecular formula is C15H14Cl2N2O4. The molecule has 0 spiro atoms. The lowest BCUT2D eigenvalue weighted by molar-refractivity contribution is -0.249. The Kier molecular flexibility index (Phi) is 2.76. The third-order valence-electron chi connectivity index (χ3n) is 4.54. The maximum absolute atomic E-state index is 6.49. The van der Waals surface area contributed by atoms with E-state index in [2.05, 4.69) is 4.98 Å². The lowest BCUT2D eigenvalue weighted by Gasteiger charge is -2.32. The van der Waals surface area contributed by atoms with Gasteiger partial charge >= 0.3 is 0 Å². The van der Waals surface area contributed by atoms with Crippen LogP contribution in [0.1, 0.15) is 19.5 Å². The molecule has 6 nitrogen and oxygen atoms in total. The molecule has 0 amide bonds. The molecule has 4 atom stereocenters. The number of pyridine rings is 1. The third-order valence-corrected chi connectivity index (χ3v) is 5.03. The van der Waals surface area contributed by atoms with Crippen molar-refractivity contribution in [3.8, 4) is 0 Å². The minimum Gasteiger partial charge on any atom is -0.342 e. The molecule has 2 aromatic heterocycles. The SMILES string of the molecule is CC1(C)O[C@H]2[C@@H](O1)[C@@]1(c3c(Cl)ccc4nc(Cl)cn34)OC[C@H]2O1. The highest BCUT2D eigenvalue weighted by Crippen LogP contribution is 2.55. The van der Waals surface area contributed by atoms with E-state index in [0.29, 0.717) is 28.1 Å². The summed E-state index contributed by atoms with van der Waals surface area (Å²) >= 11 is 12.5. The van der Waals surface area contributed by atoms with E-state index in [1.807, 2.05) is 13.8 Å². The first-order valence-electron chi connectivity index (χ1n) is 7.41. The Morgan fingerprint density at radius 2 is 2.04 bits per heavy atom. The monoisotopic (exact) mass is 356 g/mol. The predicted molar refractivity (Wildman–Crippen MR) is 81.5 cm³/mol. The van der Waals surface area contributed by atoms with Crippen LogP contribution in [0.15, 0.2) is 18.3 Å². The smallest absolute Gasteiger partial charge is 0.242 e. The Morgan fingerprint density at radius 1 is 1.22 bits per heavy atom. The van der Waals surface area contributed by atoms with Crippen molar-refractivity contribution in [2.45, 2.75) is 43.7 Å². The Labute approximate surface area is 142 Å². The van der Waals surface area contributed by atoms with Crippen LogP contribution in [0.3, 0.4) is 0 Å². The average molecular weight is 357 g/mol. The van der Waals surface area contributed by atoms with Gasteiger partial charge in [-0.3, -0.25) is 4.40 Å². The summed E-state index contributed by atoms with van der Waals surface area (Å²) in [5.74, 6) is -1.81. The fourth-order valence-electron chi connectivity index (χ4n) is 3.76. The number of rotatable bonds is 1. The molecule has 2 bridgehead atoms. The lowest BCUT2D eigenvalue weighted by atomic mass is 9.99. The molecule has 5 rings (SSSR count). The minimum absolute atomic E-state index is 0.188. The van der Waals surface area contributed by atoms with Crippen molar-refractivity contribution in [2.75, 3.05) is 6.61 Å². The maximum Gasteiger partial charge on any atom is 0.242 e. The van der Waals surface area contributed by atoms with E-state index in [0.717, 1.165) is 0 Å². The normalized spacial score (nSPS) is 37.7. The summed E-state index contributed by atoms with van der Waals surface area (Å²) in [7, 11) is 0. The molecule has 122 valence electrons. The van der Waals surface area contributed by atoms with Gasteiger partial charge in [0.15, 0.2) is 5.79 Å². The molecule has 0 N–H and O–H groups in total. The summed E-state index contributed by atoms with van der Waals surface area (Å²) in [6, 6.07) is 3.56. The third kappa shape index (κ3) is 1.82. The molecule has 0 aromatic carbocycles. The molecule has 3 aliphatic rings. The van der Waals surface area contributed by atoms with Gasteiger partial charge in [-0.2, -0.15) is 0 Å². The number of hydrogen-bond acceptors (Lipinski definition) is 5. The number of fused-ring (bicyclic) bond motifs is 6. The van der Waals surface area contributed by atoms with Crippen LogP contribution in [0.5, 0.6) is 0 Å². The van der Waals surface area contributed by atoms with Gasteiger partial charge in [0, 0.05) is 6.20 Å². The second kappa shape index (κ2) is 4.39. The van der Waals surface area contributed by atoms with Crippen molar-refractivity contribution in [1.29, 1.82) is 0 Å². The Hall–Kier alpha value is -0.890. The van der Waals surface area contributed by atoms with Gasteiger partial charge in [-0.1, -0.05) is 23.2 Å². The topological polar surface area (TPSA) is 54.2 Å². The molecule has 23 heavy (non-hydrogen) atoms. The number of ether oxygens (including phenoxy) is 4. The molecule has 3 saturated heterocycles. The van der Waals surface area contributed by atoms with Gasteiger partial charge < -0.3 is 18.9 Å². The maximum atomic E-state index is 6.49. The van der Waals surface area contributed by atoms with Crippen molar-refractivity contribution in [2.24, 2.45) is 0 Å². The fraction of sp³-hybridized carbons (Fsp3) is 0.533. The first-order valence-corrected chi connectivity index (χ1v) is 8.16. The van der Waals surface area contributed by atoms with Gasteiger partial charge in [-0.25, -0.2) is 4.98 Å². The second-order valence-electron chi connectivity index (χ2n) is 6.48. The van der Waals surface area contributed by atoms with E-state index >= 15 is 0 Å². The van der Waals surface area contributed by atoms with Crippen molar-refractivity contribution in [3.05, 3.63) is 34.2 Å². The van der Waals surface area contributed by atoms with Crippen molar-refractivity contribution in [3.63, 3.8) is 0 Å². The summed E-state index contributed by atoms with van der Waals surface area (Å²) in [5, 5.41) is 0.874. The number of halogens is 2. The number of hydrogen-bond donors (Lipinski definition) is 0. The van der Waals surface area contributed by atoms with Crippen LogP contribution in [0, 0.1) is 0 Å². The van der Waals surface area contributed by atoms with Crippen molar-refractivity contribution in [1.82, 2.24) is 9.38 Å². The van der Waals surface area contributed by atoms with E-state index in [4.69, 9.17) is 42.1 Å². The zero-order chi connectivity index (χ0) is 16.0. The quantitative estimate of drug-likeness (QED) is 0.786. The molecule has 8 heteroatoms. The van der Waals surface area contributed by atoms with Crippen LogP contribution < -0.4 is 0 Å². The Morgan fingerprint density at radius 3 is 2.87 bits per heavy atom. The zero-order valence-corrected chi connectivity index (χ0v) is 14.0. The average Bonchev–Trinajstić information content (AvgIpc) is 3.17. The van der Waals surface area contributed by atoms with Crippen molar-refractivity contribution >= 4 is 28.8 Å². The summed E-state index contributed by atoms with van der Waals surface area (Å²) in [5.41, 5.74) is 1.30. The molecule has 0 unspecified atom stereocenters. The van der Waals surface area contributed by atoms with E-state index < -0.39 is 17.7 Å². The minimum atomic E-state index is -1.12. The summed E-state index contributed by atoms with van der Waals surface area (Å²) in [6.45, 7) is 4.19. The zero-order valence-electron chi connectivity index (χ0n) is 12.5. The van der Waals surface area contributed by atoms with Crippen molar-refractivity contribution < 1.29 is 18.9 Å². The molecule has 3 fully saturated rings. The number of imidazole rings is 1. The lowest BCUT2D eigenvalue weighted by Crippen LogP contribution is -2.46. The molecule has 5 heterocycles. The largest absolute Gasteiger partial charge is 0.342 e. The van der Waals surface area contributed by atoms with E-state index in [-0.39, 0.29) is 12.2 Å².